The lowest BCUT2D eigenvalue weighted by Crippen LogP contribution is -2.17. The van der Waals surface area contributed by atoms with E-state index in [9.17, 15) is 0 Å². The van der Waals surface area contributed by atoms with Crippen LogP contribution in [0.2, 0.25) is 0 Å². The van der Waals surface area contributed by atoms with Gasteiger partial charge in [-0.2, -0.15) is 0 Å². The fourth-order valence-corrected chi connectivity index (χ4v) is 10.2. The van der Waals surface area contributed by atoms with Gasteiger partial charge < -0.3 is 9.30 Å². The number of aromatic nitrogens is 1. The second-order valence-corrected chi connectivity index (χ2v) is 16.4. The van der Waals surface area contributed by atoms with Crippen LogP contribution in [0.1, 0.15) is 37.3 Å². The van der Waals surface area contributed by atoms with E-state index in [1.165, 1.54) is 55.5 Å². The van der Waals surface area contributed by atoms with Gasteiger partial charge in [-0.15, -0.1) is 0 Å². The minimum atomic E-state index is 0.00361. The third-order valence-electron chi connectivity index (χ3n) is 11.8. The van der Waals surface area contributed by atoms with Gasteiger partial charge in [0.2, 0.25) is 0 Å². The number of para-hydroxylation sites is 2. The summed E-state index contributed by atoms with van der Waals surface area (Å²) in [6.07, 6.45) is 7.99. The van der Waals surface area contributed by atoms with E-state index in [2.05, 4.69) is 182 Å². The van der Waals surface area contributed by atoms with Gasteiger partial charge in [0, 0.05) is 22.4 Å². The number of ether oxygens (including phenoxy) is 1. The molecule has 7 aromatic carbocycles. The molecule has 0 saturated carbocycles. The molecule has 11 rings (SSSR count). The van der Waals surface area contributed by atoms with Crippen molar-refractivity contribution in [2.75, 3.05) is 0 Å². The first-order valence-corrected chi connectivity index (χ1v) is 19.7. The van der Waals surface area contributed by atoms with Crippen LogP contribution < -0.4 is 4.74 Å². The van der Waals surface area contributed by atoms with Gasteiger partial charge in [-0.1, -0.05) is 134 Å². The summed E-state index contributed by atoms with van der Waals surface area (Å²) in [6, 6.07) is 55.6. The number of fused-ring (bicyclic) bond motifs is 9. The Morgan fingerprint density at radius 3 is 2.22 bits per heavy atom. The zero-order valence-electron chi connectivity index (χ0n) is 30.2. The molecule has 2 heterocycles. The molecule has 0 N–H and O–H groups in total. The molecule has 1 aliphatic heterocycles. The second-order valence-electron chi connectivity index (χ2n) is 15.3. The lowest BCUT2D eigenvalue weighted by Gasteiger charge is -2.25. The number of rotatable bonds is 4. The molecule has 0 amide bonds. The Bertz CT molecular complexity index is 2890. The summed E-state index contributed by atoms with van der Waals surface area (Å²) >= 11 is 1.78. The number of hydrogen-bond donors (Lipinski definition) is 0. The molecule has 0 radical (unpaired) electrons. The number of benzene rings is 7. The van der Waals surface area contributed by atoms with Crippen LogP contribution in [0.15, 0.2) is 185 Å². The van der Waals surface area contributed by atoms with E-state index in [4.69, 9.17) is 4.74 Å². The molecule has 1 atom stereocenters. The molecule has 1 aromatic heterocycles. The summed E-state index contributed by atoms with van der Waals surface area (Å²) in [5.41, 5.74) is 15.2. The molecule has 0 fully saturated rings. The fourth-order valence-electron chi connectivity index (χ4n) is 9.20. The Morgan fingerprint density at radius 2 is 1.35 bits per heavy atom. The van der Waals surface area contributed by atoms with Gasteiger partial charge in [-0.25, -0.2) is 0 Å². The average Bonchev–Trinajstić information content (AvgIpc) is 3.69. The normalized spacial score (nSPS) is 16.3. The van der Waals surface area contributed by atoms with Crippen LogP contribution in [0, 0.1) is 0 Å². The van der Waals surface area contributed by atoms with Crippen LogP contribution in [0.4, 0.5) is 0 Å². The summed E-state index contributed by atoms with van der Waals surface area (Å²) in [5.74, 6) is 2.33. The molecule has 3 aliphatic rings. The topological polar surface area (TPSA) is 14.2 Å². The predicted molar refractivity (Wildman–Crippen MR) is 225 cm³/mol. The first-order valence-electron chi connectivity index (χ1n) is 18.9. The van der Waals surface area contributed by atoms with Crippen molar-refractivity contribution in [3.8, 4) is 50.6 Å². The van der Waals surface area contributed by atoms with Crippen molar-refractivity contribution in [1.82, 2.24) is 4.57 Å². The van der Waals surface area contributed by atoms with E-state index < -0.39 is 0 Å². The van der Waals surface area contributed by atoms with E-state index in [-0.39, 0.29) is 5.41 Å². The van der Waals surface area contributed by atoms with E-state index in [0.29, 0.717) is 5.92 Å². The quantitative estimate of drug-likeness (QED) is 0.180. The third kappa shape index (κ3) is 4.81. The van der Waals surface area contributed by atoms with Gasteiger partial charge in [0.1, 0.15) is 5.75 Å². The van der Waals surface area contributed by atoms with E-state index >= 15 is 0 Å². The molecule has 54 heavy (non-hydrogen) atoms. The fraction of sp³-hybridized carbons (Fsp3) is 0.0980. The van der Waals surface area contributed by atoms with Crippen LogP contribution in [0.25, 0.3) is 60.9 Å². The highest BCUT2D eigenvalue weighted by Crippen LogP contribution is 2.54. The van der Waals surface area contributed by atoms with Crippen LogP contribution in [-0.4, -0.2) is 4.57 Å². The van der Waals surface area contributed by atoms with Crippen LogP contribution in [0.5, 0.6) is 11.5 Å². The van der Waals surface area contributed by atoms with Gasteiger partial charge in [0.25, 0.3) is 0 Å². The second kappa shape index (κ2) is 12.0. The smallest absolute Gasteiger partial charge is 0.151 e. The van der Waals surface area contributed by atoms with Crippen molar-refractivity contribution in [3.05, 3.63) is 187 Å². The van der Waals surface area contributed by atoms with Crippen molar-refractivity contribution < 1.29 is 4.74 Å². The first-order chi connectivity index (χ1) is 26.5. The van der Waals surface area contributed by atoms with E-state index in [1.54, 1.807) is 11.8 Å². The maximum Gasteiger partial charge on any atom is 0.151 e. The van der Waals surface area contributed by atoms with E-state index in [0.717, 1.165) is 49.8 Å². The zero-order valence-corrected chi connectivity index (χ0v) is 31.0. The minimum absolute atomic E-state index is 0.00361. The molecule has 0 bridgehead atoms. The van der Waals surface area contributed by atoms with Crippen LogP contribution in [0.3, 0.4) is 0 Å². The summed E-state index contributed by atoms with van der Waals surface area (Å²) in [6.45, 7) is 4.79. The Kier molecular flexibility index (Phi) is 6.99. The average molecular weight is 712 g/mol. The Hall–Kier alpha value is -6.03. The molecule has 0 spiro atoms. The maximum atomic E-state index is 6.68. The van der Waals surface area contributed by atoms with Gasteiger partial charge in [-0.3, -0.25) is 0 Å². The van der Waals surface area contributed by atoms with Crippen molar-refractivity contribution in [2.24, 2.45) is 0 Å². The molecule has 3 heteroatoms. The predicted octanol–water partition coefficient (Wildman–Crippen LogP) is 14.3. The highest BCUT2D eigenvalue weighted by Gasteiger charge is 2.41. The van der Waals surface area contributed by atoms with Gasteiger partial charge in [-0.05, 0) is 118 Å². The Morgan fingerprint density at radius 1 is 0.611 bits per heavy atom. The van der Waals surface area contributed by atoms with Gasteiger partial charge in [0.15, 0.2) is 5.75 Å². The van der Waals surface area contributed by atoms with Gasteiger partial charge >= 0.3 is 0 Å². The Labute approximate surface area is 320 Å². The highest BCUT2D eigenvalue weighted by atomic mass is 32.2. The number of allylic oxidation sites excluding steroid dienone is 4. The SMILES string of the molecule is CC1(C)C2=CC=CCC2c2ccc(-c3cc(-c4ccccc4)cc(-c4cccc(-n5c6ccccc6c6c7c(ccc65)Sc5ccccc5O7)c4)c3)cc21. The molecule has 2 aliphatic carbocycles. The first kappa shape index (κ1) is 31.5. The number of nitrogens with zero attached hydrogens (tertiary/aromatic N) is 1. The third-order valence-corrected chi connectivity index (χ3v) is 12.9. The molecule has 258 valence electrons. The van der Waals surface area contributed by atoms with Crippen molar-refractivity contribution in [3.63, 3.8) is 0 Å². The minimum Gasteiger partial charge on any atom is -0.454 e. The molecular weight excluding hydrogens is 675 g/mol. The van der Waals surface area contributed by atoms with Gasteiger partial charge in [0.05, 0.1) is 26.2 Å². The lowest BCUT2D eigenvalue weighted by atomic mass is 9.78. The molecule has 0 saturated heterocycles. The van der Waals surface area contributed by atoms with Crippen molar-refractivity contribution in [2.45, 2.75) is 41.4 Å². The van der Waals surface area contributed by atoms with Crippen LogP contribution >= 0.6 is 11.8 Å². The summed E-state index contributed by atoms with van der Waals surface area (Å²) in [5, 5.41) is 2.34. The molecule has 1 unspecified atom stereocenters. The standard InChI is InChI=1S/C51H37NOS/c1-51(2)42-19-8-6-17-39(42)40-24-23-34(31-43(40)51)37-28-35(32-13-4-3-5-14-32)27-36(29-37)33-15-12-16-38(30-33)52-44-20-9-7-18-41(44)49-45(52)25-26-48-50(49)53-46-21-10-11-22-47(46)54-48/h3-16,18-31,39H,17H2,1-2H3. The zero-order chi connectivity index (χ0) is 36.0. The summed E-state index contributed by atoms with van der Waals surface area (Å²) < 4.78 is 9.08. The van der Waals surface area contributed by atoms with Crippen molar-refractivity contribution in [1.29, 1.82) is 0 Å². The Balaban J connectivity index is 1.07. The summed E-state index contributed by atoms with van der Waals surface area (Å²) in [7, 11) is 0. The monoisotopic (exact) mass is 711 g/mol. The molecule has 8 aromatic rings. The summed E-state index contributed by atoms with van der Waals surface area (Å²) in [4.78, 5) is 2.29. The highest BCUT2D eigenvalue weighted by molar-refractivity contribution is 7.99. The lowest BCUT2D eigenvalue weighted by molar-refractivity contribution is 0.460. The largest absolute Gasteiger partial charge is 0.454 e. The number of hydrogen-bond acceptors (Lipinski definition) is 2. The van der Waals surface area contributed by atoms with E-state index in [1.807, 2.05) is 6.07 Å². The maximum absolute atomic E-state index is 6.68. The molecule has 2 nitrogen and oxygen atoms in total. The van der Waals surface area contributed by atoms with Crippen molar-refractivity contribution >= 4 is 33.6 Å². The van der Waals surface area contributed by atoms with Crippen LogP contribution in [-0.2, 0) is 5.41 Å². The molecular formula is C51H37NOS.